The number of amides is 1. The Morgan fingerprint density at radius 2 is 2.20 bits per heavy atom. The Kier molecular flexibility index (Phi) is 6.44. The van der Waals surface area contributed by atoms with Gasteiger partial charge >= 0.3 is 0 Å². The van der Waals surface area contributed by atoms with Crippen molar-refractivity contribution in [1.29, 1.82) is 0 Å². The van der Waals surface area contributed by atoms with Crippen LogP contribution in [-0.2, 0) is 4.79 Å². The van der Waals surface area contributed by atoms with Crippen molar-refractivity contribution in [2.75, 3.05) is 13.7 Å². The first-order valence-electron chi connectivity index (χ1n) is 8.28. The van der Waals surface area contributed by atoms with Crippen molar-refractivity contribution in [3.05, 3.63) is 58.6 Å². The van der Waals surface area contributed by atoms with E-state index in [4.69, 9.17) is 10.5 Å². The lowest BCUT2D eigenvalue weighted by molar-refractivity contribution is -0.116. The summed E-state index contributed by atoms with van der Waals surface area (Å²) in [5.74, 6) is 6.46. The second-order valence-corrected chi connectivity index (χ2v) is 5.04. The van der Waals surface area contributed by atoms with Gasteiger partial charge in [-0.25, -0.2) is 0 Å². The van der Waals surface area contributed by atoms with Gasteiger partial charge in [0.05, 0.1) is 24.9 Å². The number of rotatable bonds is 2. The first-order chi connectivity index (χ1) is 12.2. The van der Waals surface area contributed by atoms with E-state index in [2.05, 4.69) is 22.1 Å². The van der Waals surface area contributed by atoms with Gasteiger partial charge < -0.3 is 20.8 Å². The lowest BCUT2D eigenvalue weighted by Gasteiger charge is -2.05. The number of methoxy groups -OCH3 is 1. The Balaban J connectivity index is 0.00000109. The average molecular weight is 337 g/mol. The van der Waals surface area contributed by atoms with Gasteiger partial charge in [0.15, 0.2) is 0 Å². The van der Waals surface area contributed by atoms with Crippen LogP contribution >= 0.6 is 0 Å². The number of nitrogens with one attached hydrogen (secondary N) is 2. The molecule has 2 aliphatic rings. The second-order valence-electron chi connectivity index (χ2n) is 5.04. The number of H-pyrrole nitrogens is 1. The van der Waals surface area contributed by atoms with E-state index >= 15 is 0 Å². The van der Waals surface area contributed by atoms with E-state index in [0.29, 0.717) is 17.7 Å². The molecule has 130 valence electrons. The van der Waals surface area contributed by atoms with Crippen LogP contribution in [0.3, 0.4) is 0 Å². The van der Waals surface area contributed by atoms with Crippen LogP contribution in [0.5, 0.6) is 5.75 Å². The monoisotopic (exact) mass is 337 g/mol. The van der Waals surface area contributed by atoms with Gasteiger partial charge in [-0.3, -0.25) is 4.79 Å². The summed E-state index contributed by atoms with van der Waals surface area (Å²) in [7, 11) is 1.60. The number of carbonyl (C=O) groups excluding carboxylic acids is 1. The molecule has 0 saturated heterocycles. The maximum absolute atomic E-state index is 12.4. The number of ether oxygens (including phenoxy) is 1. The van der Waals surface area contributed by atoms with Gasteiger partial charge in [-0.2, -0.15) is 0 Å². The summed E-state index contributed by atoms with van der Waals surface area (Å²) >= 11 is 0. The zero-order chi connectivity index (χ0) is 18.2. The fourth-order valence-corrected chi connectivity index (χ4v) is 2.63. The zero-order valence-corrected chi connectivity index (χ0v) is 14.8. The van der Waals surface area contributed by atoms with E-state index in [0.717, 1.165) is 22.5 Å². The number of nitrogens with two attached hydrogens (primary N) is 1. The summed E-state index contributed by atoms with van der Waals surface area (Å²) in [6, 6.07) is 1.81. The van der Waals surface area contributed by atoms with Crippen LogP contribution in [0.25, 0.3) is 6.08 Å². The Bertz CT molecular complexity index is 827. The van der Waals surface area contributed by atoms with E-state index in [1.807, 2.05) is 38.1 Å². The van der Waals surface area contributed by atoms with Crippen molar-refractivity contribution < 1.29 is 9.53 Å². The van der Waals surface area contributed by atoms with Crippen LogP contribution in [0.2, 0.25) is 0 Å². The quantitative estimate of drug-likeness (QED) is 0.573. The van der Waals surface area contributed by atoms with Gasteiger partial charge in [0.2, 0.25) is 0 Å². The summed E-state index contributed by atoms with van der Waals surface area (Å²) in [4.78, 5) is 15.5. The lowest BCUT2D eigenvalue weighted by atomic mass is 9.97. The first-order valence-corrected chi connectivity index (χ1v) is 8.28. The molecule has 0 bridgehead atoms. The number of allylic oxidation sites excluding steroid dienone is 4. The Morgan fingerprint density at radius 3 is 2.92 bits per heavy atom. The minimum Gasteiger partial charge on any atom is -0.495 e. The average Bonchev–Trinajstić information content (AvgIpc) is 3.15. The smallest absolute Gasteiger partial charge is 0.256 e. The fourth-order valence-electron chi connectivity index (χ4n) is 2.63. The molecule has 0 saturated carbocycles. The molecule has 0 unspecified atom stereocenters. The molecule has 1 aliphatic heterocycles. The van der Waals surface area contributed by atoms with Crippen LogP contribution in [0, 0.1) is 11.8 Å². The lowest BCUT2D eigenvalue weighted by Crippen LogP contribution is -2.16. The molecular formula is C20H23N3O2. The van der Waals surface area contributed by atoms with Crippen LogP contribution in [0.4, 0.5) is 0 Å². The molecule has 1 aromatic heterocycles. The largest absolute Gasteiger partial charge is 0.495 e. The van der Waals surface area contributed by atoms with E-state index in [1.54, 1.807) is 19.4 Å². The molecule has 4 N–H and O–H groups in total. The molecule has 1 aliphatic carbocycles. The van der Waals surface area contributed by atoms with Crippen molar-refractivity contribution in [3.8, 4) is 17.6 Å². The molecule has 2 heterocycles. The number of carbonyl (C=O) groups is 1. The Labute approximate surface area is 148 Å². The highest BCUT2D eigenvalue weighted by atomic mass is 16.5. The molecule has 0 spiro atoms. The highest BCUT2D eigenvalue weighted by Gasteiger charge is 2.29. The molecule has 3 rings (SSSR count). The Hall–Kier alpha value is -2.97. The van der Waals surface area contributed by atoms with E-state index in [-0.39, 0.29) is 12.5 Å². The minimum atomic E-state index is -0.137. The van der Waals surface area contributed by atoms with Crippen LogP contribution < -0.4 is 15.8 Å². The normalized spacial score (nSPS) is 16.9. The maximum Gasteiger partial charge on any atom is 0.256 e. The predicted octanol–water partition coefficient (Wildman–Crippen LogP) is 2.67. The molecule has 1 aromatic rings. The van der Waals surface area contributed by atoms with Crippen LogP contribution in [0.1, 0.15) is 26.0 Å². The van der Waals surface area contributed by atoms with Gasteiger partial charge in [-0.15, -0.1) is 0 Å². The predicted molar refractivity (Wildman–Crippen MR) is 101 cm³/mol. The number of aromatic amines is 1. The molecule has 0 atom stereocenters. The van der Waals surface area contributed by atoms with Crippen LogP contribution in [-0.4, -0.2) is 24.5 Å². The molecule has 1 amide bonds. The van der Waals surface area contributed by atoms with Gasteiger partial charge in [0, 0.05) is 29.5 Å². The number of aromatic nitrogens is 1. The highest BCUT2D eigenvalue weighted by molar-refractivity contribution is 6.08. The molecule has 0 fully saturated rings. The van der Waals surface area contributed by atoms with E-state index in [1.165, 1.54) is 0 Å². The minimum absolute atomic E-state index is 0.137. The molecule has 25 heavy (non-hydrogen) atoms. The van der Waals surface area contributed by atoms with Crippen molar-refractivity contribution in [2.24, 2.45) is 5.73 Å². The second kappa shape index (κ2) is 8.76. The molecule has 5 nitrogen and oxygen atoms in total. The van der Waals surface area contributed by atoms with Crippen molar-refractivity contribution >= 4 is 12.0 Å². The van der Waals surface area contributed by atoms with Gasteiger partial charge in [0.25, 0.3) is 5.91 Å². The molecular weight excluding hydrogens is 314 g/mol. The topological polar surface area (TPSA) is 80.1 Å². The third-order valence-electron chi connectivity index (χ3n) is 3.64. The summed E-state index contributed by atoms with van der Waals surface area (Å²) < 4.78 is 5.29. The van der Waals surface area contributed by atoms with Gasteiger partial charge in [-0.1, -0.05) is 37.8 Å². The summed E-state index contributed by atoms with van der Waals surface area (Å²) in [5, 5.41) is 2.93. The number of hydrogen-bond donors (Lipinski definition) is 3. The third-order valence-corrected chi connectivity index (χ3v) is 3.64. The summed E-state index contributed by atoms with van der Waals surface area (Å²) in [5.41, 5.74) is 9.27. The molecule has 5 heteroatoms. The van der Waals surface area contributed by atoms with Crippen LogP contribution in [0.15, 0.2) is 52.9 Å². The third kappa shape index (κ3) is 3.93. The standard InChI is InChI=1S/C18H17N3O2.C2H6/c1-23-16-8-10-20-15(16)11-13-17-12(6-4-9-19)5-2-3-7-14(17)21-18(13)22;1-2/h2-3,5,8,10-11,20H,7,9,19H2,1H3,(H,21,22);1-2H3/b13-11-;. The highest BCUT2D eigenvalue weighted by Crippen LogP contribution is 2.33. The van der Waals surface area contributed by atoms with Crippen molar-refractivity contribution in [3.63, 3.8) is 0 Å². The summed E-state index contributed by atoms with van der Waals surface area (Å²) in [6.07, 6.45) is 10.1. The van der Waals surface area contributed by atoms with Crippen molar-refractivity contribution in [2.45, 2.75) is 20.3 Å². The summed E-state index contributed by atoms with van der Waals surface area (Å²) in [6.45, 7) is 4.27. The number of hydrogen-bond acceptors (Lipinski definition) is 3. The van der Waals surface area contributed by atoms with E-state index in [9.17, 15) is 4.79 Å². The van der Waals surface area contributed by atoms with Gasteiger partial charge in [-0.05, 0) is 18.2 Å². The zero-order valence-electron chi connectivity index (χ0n) is 14.8. The van der Waals surface area contributed by atoms with E-state index < -0.39 is 0 Å². The first kappa shape index (κ1) is 18.4. The van der Waals surface area contributed by atoms with Crippen molar-refractivity contribution in [1.82, 2.24) is 10.3 Å². The van der Waals surface area contributed by atoms with Gasteiger partial charge in [0.1, 0.15) is 5.75 Å². The Morgan fingerprint density at radius 1 is 1.40 bits per heavy atom. The molecule has 0 aromatic carbocycles. The SMILES string of the molecule is CC.COc1cc[nH]c1/C=C1\C(=O)NC2=C1C(C#CCN)=CC=CC2. The fraction of sp³-hybridized carbons (Fsp3) is 0.250. The maximum atomic E-state index is 12.4. The molecule has 0 radical (unpaired) electrons.